The molecule has 0 aliphatic rings. The van der Waals surface area contributed by atoms with Gasteiger partial charge in [0.05, 0.1) is 17.3 Å². The second-order valence-corrected chi connectivity index (χ2v) is 8.58. The van der Waals surface area contributed by atoms with Crippen LogP contribution in [-0.4, -0.2) is 32.7 Å². The number of H-pyrrole nitrogens is 1. The highest BCUT2D eigenvalue weighted by atomic mass is 32.2. The summed E-state index contributed by atoms with van der Waals surface area (Å²) in [6.07, 6.45) is 6.56. The van der Waals surface area contributed by atoms with Crippen molar-refractivity contribution >= 4 is 21.1 Å². The number of fused-ring (bicyclic) bond motifs is 1. The molecule has 0 saturated carbocycles. The van der Waals surface area contributed by atoms with Crippen LogP contribution in [0.2, 0.25) is 0 Å². The molecule has 0 aliphatic heterocycles. The van der Waals surface area contributed by atoms with Crippen molar-refractivity contribution in [2.75, 3.05) is 0 Å². The van der Waals surface area contributed by atoms with E-state index in [-0.39, 0.29) is 10.6 Å². The molecular weight excluding hydrogens is 400 g/mol. The quantitative estimate of drug-likeness (QED) is 0.461. The number of nitrogens with one attached hydrogen (secondary N) is 1. The molecule has 7 nitrogen and oxygen atoms in total. The van der Waals surface area contributed by atoms with Crippen LogP contribution >= 0.6 is 0 Å². The number of benzene rings is 2. The Morgan fingerprint density at radius 1 is 0.900 bits per heavy atom. The number of hydrogen-bond acceptors (Lipinski definition) is 5. The van der Waals surface area contributed by atoms with Gasteiger partial charge in [-0.3, -0.25) is 0 Å². The van der Waals surface area contributed by atoms with E-state index < -0.39 is 10.0 Å². The lowest BCUT2D eigenvalue weighted by molar-refractivity contribution is 0.475. The molecule has 3 aromatic heterocycles. The van der Waals surface area contributed by atoms with Crippen LogP contribution in [0.1, 0.15) is 0 Å². The summed E-state index contributed by atoms with van der Waals surface area (Å²) in [6, 6.07) is 17.0. The molecule has 2 N–H and O–H groups in total. The monoisotopic (exact) mass is 416 g/mol. The molecule has 0 amide bonds. The van der Waals surface area contributed by atoms with Gasteiger partial charge in [0.15, 0.2) is 0 Å². The maximum absolute atomic E-state index is 12.8. The number of hydrogen-bond donors (Lipinski definition) is 2. The molecule has 3 heterocycles. The third kappa shape index (κ3) is 3.03. The van der Waals surface area contributed by atoms with Crippen LogP contribution in [0, 0.1) is 0 Å². The minimum Gasteiger partial charge on any atom is -0.508 e. The van der Waals surface area contributed by atoms with Crippen molar-refractivity contribution in [1.29, 1.82) is 0 Å². The van der Waals surface area contributed by atoms with Gasteiger partial charge in [-0.05, 0) is 35.9 Å². The molecule has 0 unspecified atom stereocenters. The smallest absolute Gasteiger partial charge is 0.282 e. The maximum atomic E-state index is 12.8. The average Bonchev–Trinajstić information content (AvgIpc) is 3.42. The van der Waals surface area contributed by atoms with Crippen molar-refractivity contribution < 1.29 is 13.5 Å². The molecule has 2 aromatic carbocycles. The first-order valence-electron chi connectivity index (χ1n) is 9.14. The van der Waals surface area contributed by atoms with Crippen LogP contribution < -0.4 is 0 Å². The topological polar surface area (TPSA) is 101 Å². The molecule has 148 valence electrons. The van der Waals surface area contributed by atoms with E-state index in [2.05, 4.69) is 15.1 Å². The van der Waals surface area contributed by atoms with Crippen molar-refractivity contribution in [2.24, 2.45) is 0 Å². The fourth-order valence-electron chi connectivity index (χ4n) is 3.33. The predicted octanol–water partition coefficient (Wildman–Crippen LogP) is 4.04. The number of aromatic amines is 1. The number of phenolic OH excluding ortho intramolecular Hbond substituents is 1. The van der Waals surface area contributed by atoms with E-state index in [0.717, 1.165) is 26.2 Å². The van der Waals surface area contributed by atoms with Gasteiger partial charge < -0.3 is 10.1 Å². The van der Waals surface area contributed by atoms with Crippen molar-refractivity contribution in [3.63, 3.8) is 0 Å². The van der Waals surface area contributed by atoms with Crippen LogP contribution in [0.5, 0.6) is 5.75 Å². The SMILES string of the molecule is O=S(=O)(c1ccccc1)n1cc(-c2c[nH]c3ncc(-c4ccc(O)cc4)cc23)cn1. The third-order valence-electron chi connectivity index (χ3n) is 4.89. The highest BCUT2D eigenvalue weighted by molar-refractivity contribution is 7.89. The molecule has 30 heavy (non-hydrogen) atoms. The fraction of sp³-hybridized carbons (Fsp3) is 0. The van der Waals surface area contributed by atoms with Gasteiger partial charge in [0.25, 0.3) is 10.0 Å². The van der Waals surface area contributed by atoms with Crippen LogP contribution in [0.4, 0.5) is 0 Å². The molecule has 8 heteroatoms. The molecule has 0 aliphatic carbocycles. The van der Waals surface area contributed by atoms with E-state index >= 15 is 0 Å². The Balaban J connectivity index is 1.57. The van der Waals surface area contributed by atoms with Crippen LogP contribution in [0.25, 0.3) is 33.3 Å². The van der Waals surface area contributed by atoms with Crippen LogP contribution in [0.15, 0.2) is 90.3 Å². The van der Waals surface area contributed by atoms with Crippen molar-refractivity contribution in [3.8, 4) is 28.0 Å². The Hall–Kier alpha value is -3.91. The first-order chi connectivity index (χ1) is 14.5. The number of aromatic nitrogens is 4. The van der Waals surface area contributed by atoms with E-state index in [1.165, 1.54) is 24.5 Å². The minimum atomic E-state index is -3.76. The zero-order valence-electron chi connectivity index (χ0n) is 15.6. The van der Waals surface area contributed by atoms with Crippen LogP contribution in [-0.2, 0) is 10.0 Å². The second-order valence-electron chi connectivity index (χ2n) is 6.79. The lowest BCUT2D eigenvalue weighted by atomic mass is 10.0. The van der Waals surface area contributed by atoms with E-state index in [9.17, 15) is 13.5 Å². The first kappa shape index (κ1) is 18.1. The maximum Gasteiger partial charge on any atom is 0.282 e. The van der Waals surface area contributed by atoms with Gasteiger partial charge in [-0.15, -0.1) is 0 Å². The normalized spacial score (nSPS) is 11.7. The van der Waals surface area contributed by atoms with Gasteiger partial charge in [-0.1, -0.05) is 30.3 Å². The van der Waals surface area contributed by atoms with Gasteiger partial charge in [0.2, 0.25) is 0 Å². The first-order valence-corrected chi connectivity index (χ1v) is 10.6. The van der Waals surface area contributed by atoms with Gasteiger partial charge in [0, 0.05) is 34.5 Å². The number of aromatic hydroxyl groups is 1. The Morgan fingerprint density at radius 3 is 2.43 bits per heavy atom. The second kappa shape index (κ2) is 6.85. The number of nitrogens with zero attached hydrogens (tertiary/aromatic N) is 3. The molecule has 0 radical (unpaired) electrons. The largest absolute Gasteiger partial charge is 0.508 e. The van der Waals surface area contributed by atoms with Gasteiger partial charge in [0.1, 0.15) is 11.4 Å². The lowest BCUT2D eigenvalue weighted by Gasteiger charge is -2.04. The van der Waals surface area contributed by atoms with Crippen molar-refractivity contribution in [3.05, 3.63) is 85.5 Å². The highest BCUT2D eigenvalue weighted by Gasteiger charge is 2.19. The van der Waals surface area contributed by atoms with E-state index in [0.29, 0.717) is 11.2 Å². The number of pyridine rings is 1. The average molecular weight is 416 g/mol. The summed E-state index contributed by atoms with van der Waals surface area (Å²) in [5, 5.41) is 14.4. The summed E-state index contributed by atoms with van der Waals surface area (Å²) in [5.74, 6) is 0.196. The zero-order valence-corrected chi connectivity index (χ0v) is 16.4. The molecule has 0 atom stereocenters. The Morgan fingerprint density at radius 2 is 1.67 bits per heavy atom. The summed E-state index contributed by atoms with van der Waals surface area (Å²) in [6.45, 7) is 0. The van der Waals surface area contributed by atoms with E-state index in [4.69, 9.17) is 0 Å². The Bertz CT molecular complexity index is 1450. The molecule has 0 spiro atoms. The minimum absolute atomic E-state index is 0.176. The summed E-state index contributed by atoms with van der Waals surface area (Å²) < 4.78 is 26.6. The standard InChI is InChI=1S/C22H16N4O3S/c27-18-8-6-15(7-9-18)16-10-20-21(13-24-22(20)23-11-16)17-12-25-26(14-17)30(28,29)19-4-2-1-3-5-19/h1-14,27H,(H,23,24). The lowest BCUT2D eigenvalue weighted by Crippen LogP contribution is -2.13. The highest BCUT2D eigenvalue weighted by Crippen LogP contribution is 2.31. The molecular formula is C22H16N4O3S. The summed E-state index contributed by atoms with van der Waals surface area (Å²) in [7, 11) is -3.76. The Kier molecular flexibility index (Phi) is 4.14. The van der Waals surface area contributed by atoms with E-state index in [1.807, 2.05) is 18.2 Å². The predicted molar refractivity (Wildman–Crippen MR) is 113 cm³/mol. The summed E-state index contributed by atoms with van der Waals surface area (Å²) in [5.41, 5.74) is 3.94. The van der Waals surface area contributed by atoms with Gasteiger partial charge in [-0.2, -0.15) is 17.6 Å². The fourth-order valence-corrected chi connectivity index (χ4v) is 4.47. The molecule has 5 rings (SSSR count). The van der Waals surface area contributed by atoms with Crippen LogP contribution in [0.3, 0.4) is 0 Å². The number of phenols is 1. The third-order valence-corrected chi connectivity index (χ3v) is 6.45. The van der Waals surface area contributed by atoms with E-state index in [1.54, 1.807) is 42.7 Å². The molecule has 0 fully saturated rings. The van der Waals surface area contributed by atoms with Crippen molar-refractivity contribution in [1.82, 2.24) is 19.2 Å². The Labute approximate surface area is 172 Å². The van der Waals surface area contributed by atoms with Gasteiger partial charge >= 0.3 is 0 Å². The number of rotatable bonds is 4. The zero-order chi connectivity index (χ0) is 20.7. The molecule has 0 bridgehead atoms. The van der Waals surface area contributed by atoms with Gasteiger partial charge in [-0.25, -0.2) is 4.98 Å². The summed E-state index contributed by atoms with van der Waals surface area (Å²) >= 11 is 0. The summed E-state index contributed by atoms with van der Waals surface area (Å²) in [4.78, 5) is 7.76. The molecule has 5 aromatic rings. The van der Waals surface area contributed by atoms with Crippen molar-refractivity contribution in [2.45, 2.75) is 4.90 Å². The molecule has 0 saturated heterocycles.